The summed E-state index contributed by atoms with van der Waals surface area (Å²) in [4.78, 5) is 20.5. The second-order valence-corrected chi connectivity index (χ2v) is 8.51. The van der Waals surface area contributed by atoms with Gasteiger partial charge in [-0.2, -0.15) is 0 Å². The Bertz CT molecular complexity index is 1180. The van der Waals surface area contributed by atoms with Crippen LogP contribution in [0.3, 0.4) is 0 Å². The van der Waals surface area contributed by atoms with Crippen LogP contribution in [0.2, 0.25) is 0 Å². The molecule has 1 amide bonds. The SMILES string of the molecule is O=C1CCCCN1c1ccc(-c2cccc(-c3ccnc(N4CCNCC4)c3)c2O)cc1F. The fourth-order valence-electron chi connectivity index (χ4n) is 4.62. The Labute approximate surface area is 192 Å². The van der Waals surface area contributed by atoms with Gasteiger partial charge in [-0.25, -0.2) is 9.37 Å². The van der Waals surface area contributed by atoms with Gasteiger partial charge in [-0.1, -0.05) is 24.3 Å². The monoisotopic (exact) mass is 446 g/mol. The number of carbonyl (C=O) groups is 1. The average Bonchev–Trinajstić information content (AvgIpc) is 2.85. The molecule has 0 unspecified atom stereocenters. The van der Waals surface area contributed by atoms with Crippen molar-refractivity contribution >= 4 is 17.4 Å². The number of aromatic nitrogens is 1. The molecule has 2 aliphatic heterocycles. The molecule has 2 N–H and O–H groups in total. The molecule has 2 aromatic carbocycles. The van der Waals surface area contributed by atoms with Crippen molar-refractivity contribution in [1.29, 1.82) is 0 Å². The van der Waals surface area contributed by atoms with E-state index >= 15 is 4.39 Å². The highest BCUT2D eigenvalue weighted by molar-refractivity contribution is 5.94. The molecule has 3 heterocycles. The molecule has 5 rings (SSSR count). The third-order valence-electron chi connectivity index (χ3n) is 6.41. The number of rotatable bonds is 4. The average molecular weight is 447 g/mol. The topological polar surface area (TPSA) is 68.7 Å². The van der Waals surface area contributed by atoms with Crippen molar-refractivity contribution in [2.75, 3.05) is 42.5 Å². The molecule has 0 saturated carbocycles. The van der Waals surface area contributed by atoms with Crippen LogP contribution in [0.25, 0.3) is 22.3 Å². The highest BCUT2D eigenvalue weighted by Gasteiger charge is 2.23. The number of para-hydroxylation sites is 1. The van der Waals surface area contributed by atoms with Gasteiger partial charge >= 0.3 is 0 Å². The summed E-state index contributed by atoms with van der Waals surface area (Å²) in [5.41, 5.74) is 2.93. The number of pyridine rings is 1. The maximum absolute atomic E-state index is 15.0. The first kappa shape index (κ1) is 21.4. The highest BCUT2D eigenvalue weighted by atomic mass is 19.1. The van der Waals surface area contributed by atoms with Gasteiger partial charge in [0.25, 0.3) is 0 Å². The zero-order valence-corrected chi connectivity index (χ0v) is 18.4. The number of nitrogens with zero attached hydrogens (tertiary/aromatic N) is 3. The molecule has 2 fully saturated rings. The molecule has 0 radical (unpaired) electrons. The van der Waals surface area contributed by atoms with Crippen molar-refractivity contribution < 1.29 is 14.3 Å². The van der Waals surface area contributed by atoms with Gasteiger partial charge in [0, 0.05) is 56.5 Å². The molecule has 1 aromatic heterocycles. The lowest BCUT2D eigenvalue weighted by Gasteiger charge is -2.28. The molecule has 33 heavy (non-hydrogen) atoms. The van der Waals surface area contributed by atoms with Gasteiger partial charge in [0.05, 0.1) is 5.69 Å². The maximum atomic E-state index is 15.0. The van der Waals surface area contributed by atoms with E-state index in [2.05, 4.69) is 15.2 Å². The van der Waals surface area contributed by atoms with E-state index in [0.717, 1.165) is 50.4 Å². The van der Waals surface area contributed by atoms with Crippen LogP contribution in [0, 0.1) is 5.82 Å². The predicted octanol–water partition coefficient (Wildman–Crippen LogP) is 4.19. The van der Waals surface area contributed by atoms with Crippen LogP contribution in [0.1, 0.15) is 19.3 Å². The number of carbonyl (C=O) groups excluding carboxylic acids is 1. The number of amides is 1. The van der Waals surface area contributed by atoms with Crippen LogP contribution in [-0.2, 0) is 4.79 Å². The second kappa shape index (κ2) is 9.19. The first-order chi connectivity index (χ1) is 16.1. The number of hydrogen-bond acceptors (Lipinski definition) is 5. The number of anilines is 2. The van der Waals surface area contributed by atoms with E-state index < -0.39 is 5.82 Å². The van der Waals surface area contributed by atoms with Crippen molar-refractivity contribution in [2.45, 2.75) is 19.3 Å². The van der Waals surface area contributed by atoms with Gasteiger partial charge in [-0.05, 0) is 48.2 Å². The maximum Gasteiger partial charge on any atom is 0.227 e. The van der Waals surface area contributed by atoms with Crippen LogP contribution in [-0.4, -0.2) is 48.7 Å². The molecule has 0 atom stereocenters. The van der Waals surface area contributed by atoms with Gasteiger partial charge in [0.2, 0.25) is 5.91 Å². The van der Waals surface area contributed by atoms with E-state index in [1.807, 2.05) is 24.3 Å². The molecule has 6 nitrogen and oxygen atoms in total. The Morgan fingerprint density at radius 1 is 0.939 bits per heavy atom. The zero-order chi connectivity index (χ0) is 22.8. The molecule has 170 valence electrons. The van der Waals surface area contributed by atoms with Gasteiger partial charge in [0.1, 0.15) is 17.4 Å². The van der Waals surface area contributed by atoms with Crippen LogP contribution < -0.4 is 15.1 Å². The molecule has 0 spiro atoms. The summed E-state index contributed by atoms with van der Waals surface area (Å²) in [6.07, 6.45) is 3.92. The Balaban J connectivity index is 1.47. The lowest BCUT2D eigenvalue weighted by Crippen LogP contribution is -2.43. The number of benzene rings is 2. The predicted molar refractivity (Wildman–Crippen MR) is 128 cm³/mol. The van der Waals surface area contributed by atoms with E-state index in [1.54, 1.807) is 24.4 Å². The smallest absolute Gasteiger partial charge is 0.227 e. The van der Waals surface area contributed by atoms with Gasteiger partial charge in [0.15, 0.2) is 0 Å². The Hall–Kier alpha value is -3.45. The minimum Gasteiger partial charge on any atom is -0.507 e. The molecule has 2 saturated heterocycles. The molecule has 2 aliphatic rings. The van der Waals surface area contributed by atoms with E-state index in [-0.39, 0.29) is 11.7 Å². The van der Waals surface area contributed by atoms with Crippen molar-refractivity contribution in [3.05, 3.63) is 60.5 Å². The quantitative estimate of drug-likeness (QED) is 0.629. The summed E-state index contributed by atoms with van der Waals surface area (Å²) >= 11 is 0. The fraction of sp³-hybridized carbons (Fsp3) is 0.308. The minimum atomic E-state index is -0.461. The lowest BCUT2D eigenvalue weighted by atomic mass is 9.97. The van der Waals surface area contributed by atoms with Crippen molar-refractivity contribution in [2.24, 2.45) is 0 Å². The van der Waals surface area contributed by atoms with E-state index in [0.29, 0.717) is 35.3 Å². The summed E-state index contributed by atoms with van der Waals surface area (Å²) in [6, 6.07) is 14.1. The third-order valence-corrected chi connectivity index (χ3v) is 6.41. The van der Waals surface area contributed by atoms with Crippen molar-refractivity contribution in [1.82, 2.24) is 10.3 Å². The first-order valence-corrected chi connectivity index (χ1v) is 11.5. The Morgan fingerprint density at radius 2 is 1.70 bits per heavy atom. The summed E-state index contributed by atoms with van der Waals surface area (Å²) in [7, 11) is 0. The van der Waals surface area contributed by atoms with Gasteiger partial charge in [-0.15, -0.1) is 0 Å². The molecular weight excluding hydrogens is 419 g/mol. The molecule has 0 aliphatic carbocycles. The zero-order valence-electron chi connectivity index (χ0n) is 18.4. The summed E-state index contributed by atoms with van der Waals surface area (Å²) < 4.78 is 15.0. The van der Waals surface area contributed by atoms with Gasteiger partial charge in [-0.3, -0.25) is 4.79 Å². The number of phenolic OH excluding ortho intramolecular Hbond substituents is 1. The molecule has 3 aromatic rings. The second-order valence-electron chi connectivity index (χ2n) is 8.51. The van der Waals surface area contributed by atoms with E-state index in [9.17, 15) is 9.90 Å². The number of nitrogens with one attached hydrogen (secondary N) is 1. The van der Waals surface area contributed by atoms with Crippen LogP contribution in [0.15, 0.2) is 54.7 Å². The van der Waals surface area contributed by atoms with Gasteiger partial charge < -0.3 is 20.2 Å². The number of piperidine rings is 1. The summed E-state index contributed by atoms with van der Waals surface area (Å²) in [5, 5.41) is 14.5. The number of phenols is 1. The number of aromatic hydroxyl groups is 1. The number of hydrogen-bond donors (Lipinski definition) is 2. The Kier molecular flexibility index (Phi) is 5.96. The summed E-state index contributed by atoms with van der Waals surface area (Å²) in [6.45, 7) is 4.13. The number of piperazine rings is 1. The molecule has 7 heteroatoms. The summed E-state index contributed by atoms with van der Waals surface area (Å²) in [5.74, 6) is 0.463. The molecular formula is C26H27FN4O2. The minimum absolute atomic E-state index is 0.0456. The van der Waals surface area contributed by atoms with Crippen molar-refractivity contribution in [3.8, 4) is 28.0 Å². The van der Waals surface area contributed by atoms with Crippen LogP contribution in [0.4, 0.5) is 15.9 Å². The fourth-order valence-corrected chi connectivity index (χ4v) is 4.62. The van der Waals surface area contributed by atoms with E-state index in [4.69, 9.17) is 0 Å². The first-order valence-electron chi connectivity index (χ1n) is 11.5. The van der Waals surface area contributed by atoms with E-state index in [1.165, 1.54) is 11.0 Å². The largest absolute Gasteiger partial charge is 0.507 e. The lowest BCUT2D eigenvalue weighted by molar-refractivity contribution is -0.119. The number of halogens is 1. The third kappa shape index (κ3) is 4.28. The standard InChI is InChI=1S/C26H27FN4O2/c27-22-16-18(7-8-23(22)31-13-2-1-6-25(31)32)20-4-3-5-21(26(20)33)19-9-10-29-24(17-19)30-14-11-28-12-15-30/h3-5,7-10,16-17,28,33H,1-2,6,11-15H2. The van der Waals surface area contributed by atoms with Crippen LogP contribution >= 0.6 is 0 Å². The highest BCUT2D eigenvalue weighted by Crippen LogP contribution is 2.39. The van der Waals surface area contributed by atoms with Crippen molar-refractivity contribution in [3.63, 3.8) is 0 Å². The van der Waals surface area contributed by atoms with Crippen LogP contribution in [0.5, 0.6) is 5.75 Å². The Morgan fingerprint density at radius 3 is 2.42 bits per heavy atom. The molecule has 0 bridgehead atoms. The normalized spacial score (nSPS) is 16.8.